The van der Waals surface area contributed by atoms with Gasteiger partial charge in [-0.15, -0.1) is 0 Å². The van der Waals surface area contributed by atoms with Gasteiger partial charge < -0.3 is 0 Å². The summed E-state index contributed by atoms with van der Waals surface area (Å²) in [5.41, 5.74) is 0. The smallest absolute Gasteiger partial charge is 0.155 e. The van der Waals surface area contributed by atoms with Crippen molar-refractivity contribution in [3.05, 3.63) is 0 Å². The van der Waals surface area contributed by atoms with E-state index < -0.39 is 11.1 Å². The van der Waals surface area contributed by atoms with Crippen molar-refractivity contribution in [2.24, 2.45) is 17.8 Å². The normalized spacial score (nSPS) is 12.1. The van der Waals surface area contributed by atoms with Crippen molar-refractivity contribution in [2.45, 2.75) is 100 Å². The first kappa shape index (κ1) is 27.9. The lowest BCUT2D eigenvalue weighted by Crippen LogP contribution is -2.11. The van der Waals surface area contributed by atoms with Gasteiger partial charge in [-0.25, -0.2) is 4.21 Å². The second-order valence-corrected chi connectivity index (χ2v) is 7.94. The van der Waals surface area contributed by atoms with E-state index in [1.165, 1.54) is 58.5 Å². The fourth-order valence-electron chi connectivity index (χ4n) is 2.94. The van der Waals surface area contributed by atoms with Crippen LogP contribution in [-0.4, -0.2) is 17.1 Å². The fraction of sp³-hybridized carbons (Fsp3) is 1.00. The van der Waals surface area contributed by atoms with E-state index in [1.807, 2.05) is 0 Å². The maximum absolute atomic E-state index is 11.1. The molecule has 0 rings (SSSR count). The minimum absolute atomic E-state index is 0. The lowest BCUT2D eigenvalue weighted by atomic mass is 9.88. The molecule has 0 bridgehead atoms. The maximum atomic E-state index is 11.1. The molecule has 0 fully saturated rings. The van der Waals surface area contributed by atoms with E-state index in [0.717, 1.165) is 11.8 Å². The van der Waals surface area contributed by atoms with E-state index in [4.69, 9.17) is 4.18 Å². The summed E-state index contributed by atoms with van der Waals surface area (Å²) in [5.74, 6) is 3.16. The summed E-state index contributed by atoms with van der Waals surface area (Å²) in [6, 6.07) is 0. The Morgan fingerprint density at radius 1 is 0.826 bits per heavy atom. The second-order valence-electron chi connectivity index (χ2n) is 6.66. The topological polar surface area (TPSA) is 26.3 Å². The SMILES string of the molecule is C.CCCC(CCC)C(C)C.CCCC(CCC)CS(=O)OC. The zero-order chi connectivity index (χ0) is 17.4. The Balaban J connectivity index is -0.000000338. The standard InChI is InChI=1S/C10H22.C9H20O2S.CH4/c1-5-7-10(8-6-2)9(3)4;1-4-6-9(7-5-2)8-12(10)11-3;/h9-10H,5-8H2,1-4H3;9H,4-8H2,1-3H3;1H4. The Hall–Kier alpha value is 0.110. The van der Waals surface area contributed by atoms with Crippen molar-refractivity contribution in [2.75, 3.05) is 12.9 Å². The van der Waals surface area contributed by atoms with Crippen molar-refractivity contribution in [3.8, 4) is 0 Å². The Bertz CT molecular complexity index is 230. The first-order valence-corrected chi connectivity index (χ1v) is 10.6. The average Bonchev–Trinajstić information content (AvgIpc) is 2.48. The van der Waals surface area contributed by atoms with Crippen molar-refractivity contribution >= 4 is 11.1 Å². The molecule has 0 radical (unpaired) electrons. The van der Waals surface area contributed by atoms with Crippen LogP contribution in [0.3, 0.4) is 0 Å². The predicted octanol–water partition coefficient (Wildman–Crippen LogP) is 7.01. The van der Waals surface area contributed by atoms with Crippen LogP contribution in [0, 0.1) is 17.8 Å². The van der Waals surface area contributed by atoms with Gasteiger partial charge in [0.1, 0.15) is 0 Å². The molecular formula is C20H46O2S. The summed E-state index contributed by atoms with van der Waals surface area (Å²) < 4.78 is 15.8. The summed E-state index contributed by atoms with van der Waals surface area (Å²) in [6.45, 7) is 13.6. The molecule has 0 aromatic rings. The molecule has 0 saturated heterocycles. The van der Waals surface area contributed by atoms with Crippen LogP contribution in [0.5, 0.6) is 0 Å². The molecule has 23 heavy (non-hydrogen) atoms. The zero-order valence-electron chi connectivity index (χ0n) is 16.3. The third-order valence-electron chi connectivity index (χ3n) is 4.21. The number of hydrogen-bond acceptors (Lipinski definition) is 2. The third-order valence-corrected chi connectivity index (χ3v) is 5.33. The molecule has 0 aliphatic carbocycles. The van der Waals surface area contributed by atoms with Crippen molar-refractivity contribution in [3.63, 3.8) is 0 Å². The van der Waals surface area contributed by atoms with Crippen LogP contribution in [-0.2, 0) is 15.3 Å². The Kier molecular flexibility index (Phi) is 24.5. The first-order chi connectivity index (χ1) is 10.5. The lowest BCUT2D eigenvalue weighted by molar-refractivity contribution is 0.331. The molecule has 0 aromatic carbocycles. The zero-order valence-corrected chi connectivity index (χ0v) is 17.1. The minimum atomic E-state index is -1.06. The van der Waals surface area contributed by atoms with E-state index in [0.29, 0.717) is 11.7 Å². The van der Waals surface area contributed by atoms with Crippen LogP contribution >= 0.6 is 0 Å². The molecule has 0 aliphatic rings. The van der Waals surface area contributed by atoms with Gasteiger partial charge in [-0.2, -0.15) is 0 Å². The summed E-state index contributed by atoms with van der Waals surface area (Å²) >= 11 is -1.06. The molecule has 1 atom stereocenters. The van der Waals surface area contributed by atoms with Gasteiger partial charge in [0.25, 0.3) is 0 Å². The highest BCUT2D eigenvalue weighted by atomic mass is 32.2. The van der Waals surface area contributed by atoms with Gasteiger partial charge in [0.2, 0.25) is 0 Å². The van der Waals surface area contributed by atoms with E-state index in [-0.39, 0.29) is 7.43 Å². The molecule has 0 saturated carbocycles. The molecule has 0 amide bonds. The van der Waals surface area contributed by atoms with Crippen LogP contribution < -0.4 is 0 Å². The van der Waals surface area contributed by atoms with Crippen LogP contribution in [0.1, 0.15) is 100 Å². The van der Waals surface area contributed by atoms with Crippen LogP contribution in [0.15, 0.2) is 0 Å². The first-order valence-electron chi connectivity index (χ1n) is 9.39. The minimum Gasteiger partial charge on any atom is -0.294 e. The molecular weight excluding hydrogens is 304 g/mol. The highest BCUT2D eigenvalue weighted by molar-refractivity contribution is 7.80. The number of rotatable bonds is 12. The molecule has 0 aromatic heterocycles. The Labute approximate surface area is 150 Å². The summed E-state index contributed by atoms with van der Waals surface area (Å²) in [7, 11) is 1.51. The summed E-state index contributed by atoms with van der Waals surface area (Å²) in [5, 5.41) is 0. The van der Waals surface area contributed by atoms with Gasteiger partial charge in [0.15, 0.2) is 11.1 Å². The average molecular weight is 351 g/mol. The van der Waals surface area contributed by atoms with Gasteiger partial charge in [-0.05, 0) is 30.6 Å². The lowest BCUT2D eigenvalue weighted by Gasteiger charge is -2.18. The highest BCUT2D eigenvalue weighted by Crippen LogP contribution is 2.21. The van der Waals surface area contributed by atoms with Gasteiger partial charge in [-0.3, -0.25) is 4.18 Å². The largest absolute Gasteiger partial charge is 0.294 e. The molecule has 0 aliphatic heterocycles. The molecule has 0 heterocycles. The summed E-state index contributed by atoms with van der Waals surface area (Å²) in [4.78, 5) is 0. The fourth-order valence-corrected chi connectivity index (χ4v) is 3.79. The van der Waals surface area contributed by atoms with Crippen LogP contribution in [0.2, 0.25) is 0 Å². The third kappa shape index (κ3) is 18.3. The van der Waals surface area contributed by atoms with Crippen LogP contribution in [0.25, 0.3) is 0 Å². The molecule has 0 N–H and O–H groups in total. The van der Waals surface area contributed by atoms with Gasteiger partial charge in [0.05, 0.1) is 12.9 Å². The van der Waals surface area contributed by atoms with E-state index >= 15 is 0 Å². The van der Waals surface area contributed by atoms with Crippen LogP contribution in [0.4, 0.5) is 0 Å². The van der Waals surface area contributed by atoms with Gasteiger partial charge >= 0.3 is 0 Å². The van der Waals surface area contributed by atoms with Crippen molar-refractivity contribution < 1.29 is 8.39 Å². The molecule has 2 nitrogen and oxygen atoms in total. The molecule has 3 heteroatoms. The monoisotopic (exact) mass is 350 g/mol. The number of hydrogen-bond donors (Lipinski definition) is 0. The summed E-state index contributed by atoms with van der Waals surface area (Å²) in [6.07, 6.45) is 10.2. The van der Waals surface area contributed by atoms with Crippen molar-refractivity contribution in [1.82, 2.24) is 0 Å². The van der Waals surface area contributed by atoms with E-state index in [9.17, 15) is 4.21 Å². The highest BCUT2D eigenvalue weighted by Gasteiger charge is 2.11. The predicted molar refractivity (Wildman–Crippen MR) is 108 cm³/mol. The maximum Gasteiger partial charge on any atom is 0.155 e. The van der Waals surface area contributed by atoms with Gasteiger partial charge in [-0.1, -0.05) is 87.5 Å². The van der Waals surface area contributed by atoms with E-state index in [1.54, 1.807) is 0 Å². The molecule has 144 valence electrons. The Morgan fingerprint density at radius 2 is 1.22 bits per heavy atom. The quantitative estimate of drug-likeness (QED) is 0.378. The second kappa shape index (κ2) is 20.2. The van der Waals surface area contributed by atoms with Gasteiger partial charge in [0, 0.05) is 0 Å². The molecule has 0 spiro atoms. The molecule has 1 unspecified atom stereocenters. The van der Waals surface area contributed by atoms with E-state index in [2.05, 4.69) is 41.5 Å². The van der Waals surface area contributed by atoms with Crippen molar-refractivity contribution in [1.29, 1.82) is 0 Å². The Morgan fingerprint density at radius 3 is 1.48 bits per heavy atom.